The molecular weight excluding hydrogens is 314 g/mol. The van der Waals surface area contributed by atoms with Gasteiger partial charge >= 0.3 is 11.8 Å². The van der Waals surface area contributed by atoms with Crippen molar-refractivity contribution in [3.05, 3.63) is 65.2 Å². The van der Waals surface area contributed by atoms with E-state index < -0.39 is 11.8 Å². The summed E-state index contributed by atoms with van der Waals surface area (Å²) in [4.78, 5) is 24.5. The van der Waals surface area contributed by atoms with Crippen LogP contribution in [0.5, 0.6) is 0 Å². The molecule has 2 aromatic rings. The maximum absolute atomic E-state index is 12.3. The van der Waals surface area contributed by atoms with E-state index in [1.54, 1.807) is 18.2 Å². The molecule has 2 amide bonds. The second-order valence-corrected chi connectivity index (χ2v) is 6.12. The number of rotatable bonds is 2. The number of aryl methyl sites for hydroxylation is 1. The van der Waals surface area contributed by atoms with Gasteiger partial charge in [0.05, 0.1) is 17.7 Å². The van der Waals surface area contributed by atoms with Crippen LogP contribution in [0.2, 0.25) is 0 Å². The first-order valence-electron chi connectivity index (χ1n) is 8.37. The summed E-state index contributed by atoms with van der Waals surface area (Å²) in [7, 11) is 0. The SMILES string of the molecule is N#Cc1cccc(NC(=O)C(=O)NC2CCCCc3ccccc32)c1. The summed E-state index contributed by atoms with van der Waals surface area (Å²) in [6.07, 6.45) is 3.90. The predicted molar refractivity (Wildman–Crippen MR) is 94.7 cm³/mol. The number of nitrogens with zero attached hydrogens (tertiary/aromatic N) is 1. The van der Waals surface area contributed by atoms with Gasteiger partial charge in [0.2, 0.25) is 0 Å². The summed E-state index contributed by atoms with van der Waals surface area (Å²) in [5.41, 5.74) is 3.18. The van der Waals surface area contributed by atoms with Crippen molar-refractivity contribution in [3.63, 3.8) is 0 Å². The number of hydrogen-bond acceptors (Lipinski definition) is 3. The number of benzene rings is 2. The molecule has 0 saturated carbocycles. The van der Waals surface area contributed by atoms with Gasteiger partial charge < -0.3 is 10.6 Å². The molecule has 126 valence electrons. The Morgan fingerprint density at radius 3 is 2.72 bits per heavy atom. The normalized spacial score (nSPS) is 16.0. The Morgan fingerprint density at radius 2 is 1.88 bits per heavy atom. The Morgan fingerprint density at radius 1 is 1.04 bits per heavy atom. The molecule has 25 heavy (non-hydrogen) atoms. The molecule has 0 spiro atoms. The lowest BCUT2D eigenvalue weighted by molar-refractivity contribution is -0.136. The molecular formula is C20H19N3O2. The molecule has 1 atom stereocenters. The monoisotopic (exact) mass is 333 g/mol. The van der Waals surface area contributed by atoms with E-state index in [1.165, 1.54) is 11.6 Å². The highest BCUT2D eigenvalue weighted by molar-refractivity contribution is 6.39. The number of carbonyl (C=O) groups is 2. The predicted octanol–water partition coefficient (Wildman–Crippen LogP) is 3.08. The zero-order valence-corrected chi connectivity index (χ0v) is 13.8. The van der Waals surface area contributed by atoms with E-state index in [2.05, 4.69) is 16.7 Å². The molecule has 0 aliphatic heterocycles. The van der Waals surface area contributed by atoms with Crippen LogP contribution in [-0.2, 0) is 16.0 Å². The van der Waals surface area contributed by atoms with Crippen LogP contribution in [0.25, 0.3) is 0 Å². The van der Waals surface area contributed by atoms with Gasteiger partial charge in [0.1, 0.15) is 0 Å². The second kappa shape index (κ2) is 7.63. The Hall–Kier alpha value is -3.13. The summed E-state index contributed by atoms with van der Waals surface area (Å²) in [6, 6.07) is 16.4. The smallest absolute Gasteiger partial charge is 0.313 e. The van der Waals surface area contributed by atoms with Crippen LogP contribution in [0.1, 0.15) is 42.0 Å². The van der Waals surface area contributed by atoms with Crippen LogP contribution in [-0.4, -0.2) is 11.8 Å². The third-order valence-corrected chi connectivity index (χ3v) is 4.38. The van der Waals surface area contributed by atoms with Crippen LogP contribution in [0, 0.1) is 11.3 Å². The van der Waals surface area contributed by atoms with E-state index in [1.807, 2.05) is 24.3 Å². The highest BCUT2D eigenvalue weighted by atomic mass is 16.2. The molecule has 2 aromatic carbocycles. The van der Waals surface area contributed by atoms with E-state index in [9.17, 15) is 9.59 Å². The van der Waals surface area contributed by atoms with Gasteiger partial charge in [-0.3, -0.25) is 9.59 Å². The summed E-state index contributed by atoms with van der Waals surface area (Å²) in [5, 5.41) is 14.3. The Balaban J connectivity index is 1.69. The molecule has 2 N–H and O–H groups in total. The number of hydrogen-bond donors (Lipinski definition) is 2. The first-order chi connectivity index (χ1) is 12.2. The topological polar surface area (TPSA) is 82.0 Å². The van der Waals surface area contributed by atoms with Crippen molar-refractivity contribution in [1.29, 1.82) is 5.26 Å². The molecule has 1 aliphatic carbocycles. The minimum absolute atomic E-state index is 0.151. The number of nitrogens with one attached hydrogen (secondary N) is 2. The van der Waals surface area contributed by atoms with Crippen molar-refractivity contribution < 1.29 is 9.59 Å². The molecule has 1 unspecified atom stereocenters. The van der Waals surface area contributed by atoms with Gasteiger partial charge in [-0.05, 0) is 48.6 Å². The highest BCUT2D eigenvalue weighted by Gasteiger charge is 2.23. The fourth-order valence-corrected chi connectivity index (χ4v) is 3.15. The third-order valence-electron chi connectivity index (χ3n) is 4.38. The third kappa shape index (κ3) is 4.04. The lowest BCUT2D eigenvalue weighted by atomic mass is 9.99. The quantitative estimate of drug-likeness (QED) is 0.654. The van der Waals surface area contributed by atoms with Crippen LogP contribution in [0.3, 0.4) is 0 Å². The highest BCUT2D eigenvalue weighted by Crippen LogP contribution is 2.28. The molecule has 0 fully saturated rings. The average molecular weight is 333 g/mol. The summed E-state index contributed by atoms with van der Waals surface area (Å²) >= 11 is 0. The molecule has 5 heteroatoms. The Kier molecular flexibility index (Phi) is 5.10. The molecule has 0 heterocycles. The van der Waals surface area contributed by atoms with Crippen molar-refractivity contribution in [3.8, 4) is 6.07 Å². The Labute approximate surface area is 146 Å². The Bertz CT molecular complexity index is 839. The molecule has 0 aromatic heterocycles. The standard InChI is InChI=1S/C20H19N3O2/c21-13-14-6-5-9-16(12-14)22-19(24)20(25)23-18-11-4-2-8-15-7-1-3-10-17(15)18/h1,3,5-7,9-10,12,18H,2,4,8,11H2,(H,22,24)(H,23,25). The summed E-state index contributed by atoms with van der Waals surface area (Å²) in [5.74, 6) is -1.39. The van der Waals surface area contributed by atoms with Crippen LogP contribution in [0.4, 0.5) is 5.69 Å². The molecule has 0 radical (unpaired) electrons. The van der Waals surface area contributed by atoms with Gasteiger partial charge in [-0.1, -0.05) is 36.8 Å². The van der Waals surface area contributed by atoms with Crippen LogP contribution >= 0.6 is 0 Å². The van der Waals surface area contributed by atoms with Gasteiger partial charge in [0.15, 0.2) is 0 Å². The van der Waals surface area contributed by atoms with Crippen LogP contribution < -0.4 is 10.6 Å². The number of anilines is 1. The molecule has 3 rings (SSSR count). The van der Waals surface area contributed by atoms with E-state index in [0.717, 1.165) is 31.2 Å². The van der Waals surface area contributed by atoms with E-state index in [4.69, 9.17) is 5.26 Å². The second-order valence-electron chi connectivity index (χ2n) is 6.12. The zero-order valence-electron chi connectivity index (χ0n) is 13.8. The maximum Gasteiger partial charge on any atom is 0.313 e. The van der Waals surface area contributed by atoms with Crippen molar-refractivity contribution in [2.75, 3.05) is 5.32 Å². The van der Waals surface area contributed by atoms with Crippen molar-refractivity contribution in [1.82, 2.24) is 5.32 Å². The average Bonchev–Trinajstić information content (AvgIpc) is 2.84. The van der Waals surface area contributed by atoms with E-state index in [0.29, 0.717) is 11.3 Å². The lowest BCUT2D eigenvalue weighted by Crippen LogP contribution is -2.37. The summed E-state index contributed by atoms with van der Waals surface area (Å²) in [6.45, 7) is 0. The number of fused-ring (bicyclic) bond motifs is 1. The number of carbonyl (C=O) groups excluding carboxylic acids is 2. The molecule has 0 saturated heterocycles. The fraction of sp³-hybridized carbons (Fsp3) is 0.250. The maximum atomic E-state index is 12.3. The zero-order chi connectivity index (χ0) is 17.6. The van der Waals surface area contributed by atoms with Crippen molar-refractivity contribution in [2.45, 2.75) is 31.7 Å². The molecule has 1 aliphatic rings. The van der Waals surface area contributed by atoms with Gasteiger partial charge in [0, 0.05) is 5.69 Å². The minimum Gasteiger partial charge on any atom is -0.341 e. The van der Waals surface area contributed by atoms with Crippen molar-refractivity contribution in [2.24, 2.45) is 0 Å². The fourth-order valence-electron chi connectivity index (χ4n) is 3.15. The first kappa shape index (κ1) is 16.7. The van der Waals surface area contributed by atoms with Gasteiger partial charge in [-0.2, -0.15) is 5.26 Å². The first-order valence-corrected chi connectivity index (χ1v) is 8.37. The van der Waals surface area contributed by atoms with E-state index in [-0.39, 0.29) is 6.04 Å². The number of nitriles is 1. The minimum atomic E-state index is -0.725. The van der Waals surface area contributed by atoms with E-state index >= 15 is 0 Å². The van der Waals surface area contributed by atoms with Gasteiger partial charge in [0.25, 0.3) is 0 Å². The lowest BCUT2D eigenvalue weighted by Gasteiger charge is -2.19. The van der Waals surface area contributed by atoms with Crippen LogP contribution in [0.15, 0.2) is 48.5 Å². The van der Waals surface area contributed by atoms with Gasteiger partial charge in [-0.25, -0.2) is 0 Å². The number of amides is 2. The largest absolute Gasteiger partial charge is 0.341 e. The van der Waals surface area contributed by atoms with Gasteiger partial charge in [-0.15, -0.1) is 0 Å². The summed E-state index contributed by atoms with van der Waals surface area (Å²) < 4.78 is 0. The van der Waals surface area contributed by atoms with Crippen molar-refractivity contribution >= 4 is 17.5 Å². The molecule has 5 nitrogen and oxygen atoms in total. The molecule has 0 bridgehead atoms.